The van der Waals surface area contributed by atoms with E-state index in [0.29, 0.717) is 31.9 Å². The first-order valence-electron chi connectivity index (χ1n) is 15.4. The number of H-pyrrole nitrogens is 1. The van der Waals surface area contributed by atoms with E-state index in [4.69, 9.17) is 42.0 Å². The van der Waals surface area contributed by atoms with Crippen LogP contribution in [0.15, 0.2) is 76.4 Å². The second-order valence-corrected chi connectivity index (χ2v) is 12.0. The number of aromatic amines is 1. The second-order valence-electron chi connectivity index (χ2n) is 10.4. The van der Waals surface area contributed by atoms with Gasteiger partial charge in [-0.3, -0.25) is 28.2 Å². The first-order valence-corrected chi connectivity index (χ1v) is 16.9. The SMILES string of the molecule is CC[C@H]1O[C@@H](n2ccc(=O)[nH]c2=O)[C@@H](OC(=O)c2ccccc2)C1OP(=O)(OCCOCCOCCOC)Oc1ccc(COC=O)cc1. The first kappa shape index (κ1) is 37.7. The molecule has 0 spiro atoms. The van der Waals surface area contributed by atoms with Crippen molar-refractivity contribution >= 4 is 20.3 Å². The van der Waals surface area contributed by atoms with Crippen molar-refractivity contribution < 1.29 is 56.1 Å². The van der Waals surface area contributed by atoms with E-state index in [-0.39, 0.29) is 44.2 Å². The van der Waals surface area contributed by atoms with E-state index in [1.165, 1.54) is 30.5 Å². The number of phosphoric ester groups is 1. The third-order valence-electron chi connectivity index (χ3n) is 7.06. The molecule has 266 valence electrons. The number of rotatable bonds is 21. The smallest absolute Gasteiger partial charge is 0.463 e. The molecule has 0 aliphatic carbocycles. The fourth-order valence-corrected chi connectivity index (χ4v) is 6.10. The van der Waals surface area contributed by atoms with Gasteiger partial charge in [-0.25, -0.2) is 14.2 Å². The third-order valence-corrected chi connectivity index (χ3v) is 8.49. The molecule has 16 nitrogen and oxygen atoms in total. The van der Waals surface area contributed by atoms with Crippen molar-refractivity contribution in [3.63, 3.8) is 0 Å². The molecule has 1 N–H and O–H groups in total. The number of hydrogen-bond donors (Lipinski definition) is 1. The number of carbonyl (C=O) groups is 2. The van der Waals surface area contributed by atoms with Gasteiger partial charge in [0.1, 0.15) is 18.5 Å². The molecule has 0 saturated carbocycles. The van der Waals surface area contributed by atoms with Crippen molar-refractivity contribution in [2.24, 2.45) is 0 Å². The number of esters is 1. The fourth-order valence-electron chi connectivity index (χ4n) is 4.71. The van der Waals surface area contributed by atoms with Crippen LogP contribution in [0.3, 0.4) is 0 Å². The Hall–Kier alpha value is -4.15. The number of ether oxygens (including phenoxy) is 6. The van der Waals surface area contributed by atoms with Crippen molar-refractivity contribution in [1.82, 2.24) is 9.55 Å². The molecule has 49 heavy (non-hydrogen) atoms. The Kier molecular flexibility index (Phi) is 14.7. The molecule has 5 atom stereocenters. The van der Waals surface area contributed by atoms with E-state index in [1.807, 2.05) is 0 Å². The van der Waals surface area contributed by atoms with Crippen LogP contribution < -0.4 is 15.8 Å². The molecule has 4 rings (SSSR count). The first-order chi connectivity index (χ1) is 23.8. The van der Waals surface area contributed by atoms with Crippen LogP contribution in [0.5, 0.6) is 5.75 Å². The zero-order chi connectivity index (χ0) is 35.1. The molecular formula is C32H39N2O14P. The molecule has 17 heteroatoms. The number of phosphoric acid groups is 1. The number of nitrogens with zero attached hydrogens (tertiary/aromatic N) is 1. The van der Waals surface area contributed by atoms with E-state index in [9.17, 15) is 23.7 Å². The molecule has 0 bridgehead atoms. The average Bonchev–Trinajstić information content (AvgIpc) is 3.43. The Bertz CT molecular complexity index is 1630. The summed E-state index contributed by atoms with van der Waals surface area (Å²) in [5.41, 5.74) is -0.636. The lowest BCUT2D eigenvalue weighted by Crippen LogP contribution is -2.41. The van der Waals surface area contributed by atoms with E-state index in [1.54, 1.807) is 44.4 Å². The summed E-state index contributed by atoms with van der Waals surface area (Å²) >= 11 is 0. The molecule has 3 aromatic rings. The number of methoxy groups -OCH3 is 1. The van der Waals surface area contributed by atoms with E-state index < -0.39 is 49.6 Å². The zero-order valence-electron chi connectivity index (χ0n) is 27.0. The van der Waals surface area contributed by atoms with Crippen molar-refractivity contribution in [3.05, 3.63) is 98.8 Å². The van der Waals surface area contributed by atoms with Gasteiger partial charge in [-0.2, -0.15) is 0 Å². The molecule has 1 aliphatic heterocycles. The van der Waals surface area contributed by atoms with Crippen molar-refractivity contribution in [2.45, 2.75) is 44.5 Å². The lowest BCUT2D eigenvalue weighted by Gasteiger charge is -2.28. The van der Waals surface area contributed by atoms with Crippen molar-refractivity contribution in [2.75, 3.05) is 46.8 Å². The number of carbonyl (C=O) groups excluding carboxylic acids is 2. The predicted octanol–water partition coefficient (Wildman–Crippen LogP) is 3.01. The normalized spacial score (nSPS) is 20.0. The van der Waals surface area contributed by atoms with Gasteiger partial charge in [-0.05, 0) is 36.2 Å². The Morgan fingerprint density at radius 3 is 2.29 bits per heavy atom. The lowest BCUT2D eigenvalue weighted by atomic mass is 10.1. The van der Waals surface area contributed by atoms with Gasteiger partial charge in [-0.15, -0.1) is 0 Å². The summed E-state index contributed by atoms with van der Waals surface area (Å²) in [5, 5.41) is 0. The zero-order valence-corrected chi connectivity index (χ0v) is 27.9. The van der Waals surface area contributed by atoms with Gasteiger partial charge in [0.2, 0.25) is 0 Å². The van der Waals surface area contributed by atoms with Gasteiger partial charge in [0.15, 0.2) is 12.3 Å². The summed E-state index contributed by atoms with van der Waals surface area (Å²) in [4.78, 5) is 50.7. The van der Waals surface area contributed by atoms with Gasteiger partial charge in [-0.1, -0.05) is 37.3 Å². The second kappa shape index (κ2) is 19.1. The molecule has 0 amide bonds. The highest BCUT2D eigenvalue weighted by Crippen LogP contribution is 2.53. The lowest BCUT2D eigenvalue weighted by molar-refractivity contribution is -0.129. The molecular weight excluding hydrogens is 667 g/mol. The summed E-state index contributed by atoms with van der Waals surface area (Å²) < 4.78 is 65.6. The van der Waals surface area contributed by atoms with Crippen LogP contribution in [0.2, 0.25) is 0 Å². The number of hydrogen-bond acceptors (Lipinski definition) is 14. The highest BCUT2D eigenvalue weighted by Gasteiger charge is 2.52. The van der Waals surface area contributed by atoms with Gasteiger partial charge in [0.05, 0.1) is 51.3 Å². The topological polar surface area (TPSA) is 189 Å². The highest BCUT2D eigenvalue weighted by molar-refractivity contribution is 7.49. The average molecular weight is 707 g/mol. The third kappa shape index (κ3) is 11.2. The number of nitrogens with one attached hydrogen (secondary N) is 1. The summed E-state index contributed by atoms with van der Waals surface area (Å²) in [6.07, 6.45) is -3.38. The van der Waals surface area contributed by atoms with Crippen LogP contribution in [0.4, 0.5) is 0 Å². The Balaban J connectivity index is 1.60. The minimum atomic E-state index is -4.57. The van der Waals surface area contributed by atoms with Crippen LogP contribution in [0.25, 0.3) is 0 Å². The van der Waals surface area contributed by atoms with E-state index in [0.717, 1.165) is 10.6 Å². The molecule has 1 fully saturated rings. The summed E-state index contributed by atoms with van der Waals surface area (Å²) in [5.74, 6) is -0.684. The highest BCUT2D eigenvalue weighted by atomic mass is 31.2. The number of aromatic nitrogens is 2. The largest absolute Gasteiger partial charge is 0.530 e. The molecule has 0 radical (unpaired) electrons. The number of benzene rings is 2. The minimum absolute atomic E-state index is 0.00743. The molecule has 2 unspecified atom stereocenters. The van der Waals surface area contributed by atoms with Crippen LogP contribution in [0, 0.1) is 0 Å². The maximum Gasteiger partial charge on any atom is 0.530 e. The molecule has 2 aromatic carbocycles. The van der Waals surface area contributed by atoms with E-state index in [2.05, 4.69) is 4.98 Å². The van der Waals surface area contributed by atoms with Gasteiger partial charge >= 0.3 is 19.5 Å². The summed E-state index contributed by atoms with van der Waals surface area (Å²) in [7, 11) is -3.00. The molecule has 1 saturated heterocycles. The van der Waals surface area contributed by atoms with Crippen molar-refractivity contribution in [3.8, 4) is 5.75 Å². The molecule has 2 heterocycles. The summed E-state index contributed by atoms with van der Waals surface area (Å²) in [6, 6.07) is 15.3. The minimum Gasteiger partial charge on any atom is -0.463 e. The Labute approximate surface area is 281 Å². The Morgan fingerprint density at radius 2 is 1.63 bits per heavy atom. The quantitative estimate of drug-likeness (QED) is 0.0736. The standard InChI is InChI=1S/C32H39N2O14P/c1-3-26-28(29(46-31(37)24-7-5-4-6-8-24)30(45-26)34-14-13-27(36)33-32(34)38)48-49(39,44-20-19-42-18-17-41-16-15-40-2)47-25-11-9-23(10-12-25)21-43-22-35/h4-14,22,26,28-30H,3,15-21H2,1-2H3,(H,33,36,38)/t26-,28?,29+,30-,49?/m1/s1. The van der Waals surface area contributed by atoms with E-state index >= 15 is 0 Å². The Morgan fingerprint density at radius 1 is 0.939 bits per heavy atom. The maximum atomic E-state index is 14.4. The van der Waals surface area contributed by atoms with Crippen LogP contribution in [0.1, 0.15) is 35.5 Å². The van der Waals surface area contributed by atoms with Gasteiger partial charge in [0.25, 0.3) is 12.0 Å². The fraction of sp³-hybridized carbons (Fsp3) is 0.438. The van der Waals surface area contributed by atoms with Crippen LogP contribution >= 0.6 is 7.82 Å². The monoisotopic (exact) mass is 706 g/mol. The van der Waals surface area contributed by atoms with Crippen LogP contribution in [-0.4, -0.2) is 87.1 Å². The summed E-state index contributed by atoms with van der Waals surface area (Å²) in [6.45, 7) is 3.21. The van der Waals surface area contributed by atoms with Gasteiger partial charge in [0, 0.05) is 19.4 Å². The molecule has 1 aliphatic rings. The van der Waals surface area contributed by atoms with Crippen molar-refractivity contribution in [1.29, 1.82) is 0 Å². The maximum absolute atomic E-state index is 14.4. The molecule has 1 aromatic heterocycles. The van der Waals surface area contributed by atoms with Gasteiger partial charge < -0.3 is 32.9 Å². The van der Waals surface area contributed by atoms with Crippen LogP contribution in [-0.2, 0) is 53.4 Å². The predicted molar refractivity (Wildman–Crippen MR) is 171 cm³/mol.